The Bertz CT molecular complexity index is 1190. The van der Waals surface area contributed by atoms with Gasteiger partial charge in [0.15, 0.2) is 5.82 Å². The van der Waals surface area contributed by atoms with E-state index in [4.69, 9.17) is 22.1 Å². The molecule has 1 fully saturated rings. The number of nitrogens with zero attached hydrogens (tertiary/aromatic N) is 3. The highest BCUT2D eigenvalue weighted by molar-refractivity contribution is 6.31. The molecule has 33 heavy (non-hydrogen) atoms. The van der Waals surface area contributed by atoms with Crippen LogP contribution in [0.2, 0.25) is 5.02 Å². The number of amides is 1. The summed E-state index contributed by atoms with van der Waals surface area (Å²) in [5.41, 5.74) is 7.89. The smallest absolute Gasteiger partial charge is 0.258 e. The third-order valence-electron chi connectivity index (χ3n) is 5.95. The Morgan fingerprint density at radius 3 is 2.79 bits per heavy atom. The molecule has 1 aromatic carbocycles. The maximum atomic E-state index is 15.2. The van der Waals surface area contributed by atoms with Crippen LogP contribution in [0.4, 0.5) is 10.2 Å². The Morgan fingerprint density at radius 1 is 1.36 bits per heavy atom. The highest BCUT2D eigenvalue weighted by atomic mass is 35.5. The van der Waals surface area contributed by atoms with Gasteiger partial charge < -0.3 is 15.8 Å². The molecule has 0 bridgehead atoms. The number of rotatable bonds is 6. The van der Waals surface area contributed by atoms with Crippen LogP contribution >= 0.6 is 11.6 Å². The second kappa shape index (κ2) is 9.55. The van der Waals surface area contributed by atoms with Gasteiger partial charge in [0.2, 0.25) is 0 Å². The van der Waals surface area contributed by atoms with Crippen molar-refractivity contribution in [1.82, 2.24) is 19.7 Å². The summed E-state index contributed by atoms with van der Waals surface area (Å²) in [5.74, 6) is -0.0568. The van der Waals surface area contributed by atoms with E-state index in [1.165, 1.54) is 6.07 Å². The molecule has 9 heteroatoms. The van der Waals surface area contributed by atoms with Gasteiger partial charge in [0.1, 0.15) is 28.5 Å². The van der Waals surface area contributed by atoms with Crippen LogP contribution < -0.4 is 15.8 Å². The monoisotopic (exact) mass is 473 g/mol. The van der Waals surface area contributed by atoms with Crippen molar-refractivity contribution in [2.75, 3.05) is 5.73 Å². The molecule has 1 aliphatic rings. The Kier molecular flexibility index (Phi) is 6.74. The number of benzene rings is 1. The van der Waals surface area contributed by atoms with Gasteiger partial charge in [0.25, 0.3) is 5.91 Å². The van der Waals surface area contributed by atoms with Crippen molar-refractivity contribution in [3.8, 4) is 5.75 Å². The summed E-state index contributed by atoms with van der Waals surface area (Å²) in [6, 6.07) is 1.53. The van der Waals surface area contributed by atoms with Crippen molar-refractivity contribution in [2.45, 2.75) is 71.4 Å². The molecule has 0 spiro atoms. The summed E-state index contributed by atoms with van der Waals surface area (Å²) in [5, 5.41) is 2.86. The average molecular weight is 474 g/mol. The summed E-state index contributed by atoms with van der Waals surface area (Å²) in [6.07, 6.45) is 8.38. The van der Waals surface area contributed by atoms with Gasteiger partial charge in [-0.05, 0) is 39.7 Å². The van der Waals surface area contributed by atoms with E-state index in [0.29, 0.717) is 22.7 Å². The molecule has 0 aliphatic heterocycles. The van der Waals surface area contributed by atoms with Crippen LogP contribution in [0.5, 0.6) is 5.75 Å². The number of fused-ring (bicyclic) bond motifs is 1. The van der Waals surface area contributed by atoms with Crippen molar-refractivity contribution in [3.05, 3.63) is 51.9 Å². The third kappa shape index (κ3) is 4.76. The number of ether oxygens (including phenoxy) is 1. The zero-order chi connectivity index (χ0) is 23.7. The highest BCUT2D eigenvalue weighted by Gasteiger charge is 2.28. The lowest BCUT2D eigenvalue weighted by Crippen LogP contribution is -2.37. The number of halogens is 2. The van der Waals surface area contributed by atoms with E-state index in [9.17, 15) is 4.79 Å². The van der Waals surface area contributed by atoms with E-state index in [2.05, 4.69) is 15.3 Å². The fourth-order valence-electron chi connectivity index (χ4n) is 4.48. The Hall–Kier alpha value is -2.87. The fraction of sp³-hybridized carbons (Fsp3) is 0.458. The first-order valence-corrected chi connectivity index (χ1v) is 11.7. The molecular weight excluding hydrogens is 445 g/mol. The maximum Gasteiger partial charge on any atom is 0.258 e. The van der Waals surface area contributed by atoms with Crippen LogP contribution in [0.15, 0.2) is 18.5 Å². The number of nitrogens with two attached hydrogens (primary N) is 1. The molecule has 176 valence electrons. The van der Waals surface area contributed by atoms with Crippen molar-refractivity contribution in [2.24, 2.45) is 0 Å². The van der Waals surface area contributed by atoms with E-state index < -0.39 is 11.7 Å². The van der Waals surface area contributed by atoms with Gasteiger partial charge in [-0.25, -0.2) is 14.4 Å². The van der Waals surface area contributed by atoms with Gasteiger partial charge in [0, 0.05) is 30.4 Å². The average Bonchev–Trinajstić information content (AvgIpc) is 3.08. The van der Waals surface area contributed by atoms with Gasteiger partial charge in [-0.15, -0.1) is 0 Å². The number of carbonyl (C=O) groups excluding carboxylic acids is 1. The Balaban J connectivity index is 1.78. The van der Waals surface area contributed by atoms with E-state index in [1.807, 2.05) is 25.2 Å². The summed E-state index contributed by atoms with van der Waals surface area (Å²) >= 11 is 6.26. The number of aryl methyl sites for hydroxylation is 1. The SMILES string of the molecule is Cc1nc(Cc2cc(Cl)c(F)c(C(=O)NC3CCCCC3)c2OC(C)C)n2ccnc(N)c12. The zero-order valence-corrected chi connectivity index (χ0v) is 19.9. The van der Waals surface area contributed by atoms with Crippen LogP contribution in [0.25, 0.3) is 5.52 Å². The number of hydrogen-bond acceptors (Lipinski definition) is 5. The standard InChI is InChI=1S/C24H29ClFN5O2/c1-13(2)33-22-15(12-18-29-14(3)21-23(27)28-9-10-31(18)21)11-17(25)20(26)19(22)24(32)30-16-7-5-4-6-8-16/h9-11,13,16H,4-8,12H2,1-3H3,(H2,27,28)(H,30,32). The molecule has 1 amide bonds. The molecule has 0 saturated heterocycles. The van der Waals surface area contributed by atoms with Crippen LogP contribution in [-0.2, 0) is 6.42 Å². The zero-order valence-electron chi connectivity index (χ0n) is 19.1. The van der Waals surface area contributed by atoms with Crippen LogP contribution in [-0.4, -0.2) is 32.4 Å². The number of aromatic nitrogens is 3. The Morgan fingerprint density at radius 2 is 2.09 bits per heavy atom. The first kappa shape index (κ1) is 23.3. The number of hydrogen-bond donors (Lipinski definition) is 2. The number of imidazole rings is 1. The minimum Gasteiger partial charge on any atom is -0.490 e. The predicted molar refractivity (Wildman–Crippen MR) is 126 cm³/mol. The van der Waals surface area contributed by atoms with E-state index in [-0.39, 0.29) is 34.9 Å². The second-order valence-electron chi connectivity index (χ2n) is 8.83. The van der Waals surface area contributed by atoms with Crippen molar-refractivity contribution >= 4 is 28.8 Å². The van der Waals surface area contributed by atoms with Crippen molar-refractivity contribution in [1.29, 1.82) is 0 Å². The van der Waals surface area contributed by atoms with Crippen LogP contribution in [0, 0.1) is 12.7 Å². The second-order valence-corrected chi connectivity index (χ2v) is 9.24. The number of carbonyl (C=O) groups is 1. The normalized spacial score (nSPS) is 14.7. The molecule has 0 atom stereocenters. The lowest BCUT2D eigenvalue weighted by atomic mass is 9.95. The van der Waals surface area contributed by atoms with E-state index in [1.54, 1.807) is 12.4 Å². The van der Waals surface area contributed by atoms with Gasteiger partial charge >= 0.3 is 0 Å². The molecule has 0 unspecified atom stereocenters. The molecule has 2 heterocycles. The molecule has 2 aromatic heterocycles. The van der Waals surface area contributed by atoms with Crippen molar-refractivity contribution in [3.63, 3.8) is 0 Å². The van der Waals surface area contributed by atoms with Crippen molar-refractivity contribution < 1.29 is 13.9 Å². The van der Waals surface area contributed by atoms with Crippen LogP contribution in [0.1, 0.15) is 73.4 Å². The van der Waals surface area contributed by atoms with Gasteiger partial charge in [-0.2, -0.15) is 0 Å². The van der Waals surface area contributed by atoms with Crippen LogP contribution in [0.3, 0.4) is 0 Å². The minimum atomic E-state index is -0.776. The van der Waals surface area contributed by atoms with E-state index >= 15 is 4.39 Å². The Labute approximate surface area is 197 Å². The van der Waals surface area contributed by atoms with E-state index in [0.717, 1.165) is 37.8 Å². The molecular formula is C24H29ClFN5O2. The number of nitrogen functional groups attached to an aromatic ring is 1. The first-order valence-electron chi connectivity index (χ1n) is 11.3. The first-order chi connectivity index (χ1) is 15.8. The lowest BCUT2D eigenvalue weighted by molar-refractivity contribution is 0.0917. The minimum absolute atomic E-state index is 0.0225. The van der Waals surface area contributed by atoms with Gasteiger partial charge in [-0.3, -0.25) is 9.20 Å². The number of nitrogens with one attached hydrogen (secondary N) is 1. The molecule has 3 aromatic rings. The predicted octanol–water partition coefficient (Wildman–Crippen LogP) is 4.85. The van der Waals surface area contributed by atoms with Gasteiger partial charge in [0.05, 0.1) is 16.8 Å². The maximum absolute atomic E-state index is 15.2. The quantitative estimate of drug-likeness (QED) is 0.533. The summed E-state index contributed by atoms with van der Waals surface area (Å²) in [7, 11) is 0. The largest absolute Gasteiger partial charge is 0.490 e. The molecule has 1 aliphatic carbocycles. The summed E-state index contributed by atoms with van der Waals surface area (Å²) in [4.78, 5) is 22.0. The summed E-state index contributed by atoms with van der Waals surface area (Å²) in [6.45, 7) is 5.52. The lowest BCUT2D eigenvalue weighted by Gasteiger charge is -2.24. The molecule has 7 nitrogen and oxygen atoms in total. The number of anilines is 1. The third-order valence-corrected chi connectivity index (χ3v) is 6.22. The fourth-order valence-corrected chi connectivity index (χ4v) is 4.71. The summed E-state index contributed by atoms with van der Waals surface area (Å²) < 4.78 is 23.1. The topological polar surface area (TPSA) is 94.5 Å². The molecule has 3 N–H and O–H groups in total. The van der Waals surface area contributed by atoms with Gasteiger partial charge in [-0.1, -0.05) is 30.9 Å². The highest BCUT2D eigenvalue weighted by Crippen LogP contribution is 2.35. The molecule has 4 rings (SSSR count). The molecule has 1 saturated carbocycles. The molecule has 0 radical (unpaired) electrons.